The van der Waals surface area contributed by atoms with E-state index in [1.54, 1.807) is 0 Å². The van der Waals surface area contributed by atoms with Gasteiger partial charge in [0.15, 0.2) is 6.10 Å². The molecule has 6 nitrogen and oxygen atoms in total. The summed E-state index contributed by atoms with van der Waals surface area (Å²) in [4.78, 5) is 38.0. The normalized spacial score (nSPS) is 12.6. The van der Waals surface area contributed by atoms with Crippen molar-refractivity contribution in [3.05, 3.63) is 72.9 Å². The van der Waals surface area contributed by atoms with Gasteiger partial charge in [0.25, 0.3) is 0 Å². The Bertz CT molecular complexity index is 1230. The van der Waals surface area contributed by atoms with Gasteiger partial charge in [-0.05, 0) is 89.9 Å². The second-order valence-electron chi connectivity index (χ2n) is 18.1. The summed E-state index contributed by atoms with van der Waals surface area (Å²) in [6, 6.07) is 0. The van der Waals surface area contributed by atoms with Crippen LogP contribution in [0.2, 0.25) is 0 Å². The van der Waals surface area contributed by atoms with E-state index in [9.17, 15) is 14.4 Å². The van der Waals surface area contributed by atoms with E-state index in [1.807, 2.05) is 0 Å². The van der Waals surface area contributed by atoms with Crippen LogP contribution in [0, 0.1) is 0 Å². The van der Waals surface area contributed by atoms with Gasteiger partial charge in [-0.25, -0.2) is 0 Å². The summed E-state index contributed by atoms with van der Waals surface area (Å²) in [5.41, 5.74) is 0. The van der Waals surface area contributed by atoms with Gasteiger partial charge in [0.1, 0.15) is 13.2 Å². The molecule has 0 fully saturated rings. The minimum Gasteiger partial charge on any atom is -0.462 e. The molecule has 1 unspecified atom stereocenters. The van der Waals surface area contributed by atoms with E-state index in [0.717, 1.165) is 109 Å². The molecule has 6 heteroatoms. The predicted molar refractivity (Wildman–Crippen MR) is 279 cm³/mol. The van der Waals surface area contributed by atoms with Gasteiger partial charge in [-0.15, -0.1) is 0 Å². The van der Waals surface area contributed by atoms with Gasteiger partial charge in [0, 0.05) is 19.3 Å². The van der Waals surface area contributed by atoms with Crippen molar-refractivity contribution in [1.82, 2.24) is 0 Å². The van der Waals surface area contributed by atoms with Crippen LogP contribution in [0.3, 0.4) is 0 Å². The van der Waals surface area contributed by atoms with E-state index in [-0.39, 0.29) is 31.1 Å². The molecule has 65 heavy (non-hydrogen) atoms. The van der Waals surface area contributed by atoms with E-state index in [4.69, 9.17) is 14.2 Å². The van der Waals surface area contributed by atoms with Crippen LogP contribution in [0.25, 0.3) is 0 Å². The van der Waals surface area contributed by atoms with Crippen molar-refractivity contribution in [2.45, 2.75) is 271 Å². The molecule has 0 saturated heterocycles. The van der Waals surface area contributed by atoms with Gasteiger partial charge in [0.2, 0.25) is 0 Å². The average molecular weight is 907 g/mol. The Morgan fingerprint density at radius 1 is 0.323 bits per heavy atom. The highest BCUT2D eigenvalue weighted by molar-refractivity contribution is 5.71. The molecular weight excluding hydrogens is 805 g/mol. The number of hydrogen-bond donors (Lipinski definition) is 0. The van der Waals surface area contributed by atoms with Crippen molar-refractivity contribution in [2.75, 3.05) is 13.2 Å². The Morgan fingerprint density at radius 3 is 0.954 bits per heavy atom. The monoisotopic (exact) mass is 907 g/mol. The molecule has 0 radical (unpaired) electrons. The molecule has 374 valence electrons. The molecule has 0 spiro atoms. The molecule has 1 atom stereocenters. The molecule has 0 aromatic carbocycles. The minimum absolute atomic E-state index is 0.0804. The molecule has 0 saturated carbocycles. The van der Waals surface area contributed by atoms with Gasteiger partial charge in [-0.3, -0.25) is 14.4 Å². The highest BCUT2D eigenvalue weighted by Gasteiger charge is 2.19. The Kier molecular flexibility index (Phi) is 50.9. The number of ether oxygens (including phenoxy) is 3. The highest BCUT2D eigenvalue weighted by atomic mass is 16.6. The Morgan fingerprint density at radius 2 is 0.600 bits per heavy atom. The number of carbonyl (C=O) groups is 3. The number of unbranched alkanes of at least 4 members (excludes halogenated alkanes) is 26. The summed E-state index contributed by atoms with van der Waals surface area (Å²) in [5.74, 6) is -0.897. The van der Waals surface area contributed by atoms with Crippen molar-refractivity contribution in [3.8, 4) is 0 Å². The quantitative estimate of drug-likeness (QED) is 0.0262. The van der Waals surface area contributed by atoms with Gasteiger partial charge in [-0.2, -0.15) is 0 Å². The maximum atomic E-state index is 12.8. The molecule has 0 aliphatic rings. The number of carbonyl (C=O) groups excluding carboxylic acids is 3. The first-order valence-corrected chi connectivity index (χ1v) is 27.4. The lowest BCUT2D eigenvalue weighted by molar-refractivity contribution is -0.167. The summed E-state index contributed by atoms with van der Waals surface area (Å²) < 4.78 is 16.8. The van der Waals surface area contributed by atoms with Gasteiger partial charge >= 0.3 is 17.9 Å². The summed E-state index contributed by atoms with van der Waals surface area (Å²) in [6.07, 6.45) is 67.5. The van der Waals surface area contributed by atoms with Crippen LogP contribution < -0.4 is 0 Å². The Balaban J connectivity index is 4.31. The topological polar surface area (TPSA) is 78.9 Å². The maximum Gasteiger partial charge on any atom is 0.306 e. The van der Waals surface area contributed by atoms with Crippen molar-refractivity contribution in [1.29, 1.82) is 0 Å². The van der Waals surface area contributed by atoms with Crippen molar-refractivity contribution < 1.29 is 28.6 Å². The zero-order valence-corrected chi connectivity index (χ0v) is 42.7. The fourth-order valence-electron chi connectivity index (χ4n) is 7.58. The third-order valence-electron chi connectivity index (χ3n) is 11.7. The molecule has 0 N–H and O–H groups in total. The largest absolute Gasteiger partial charge is 0.462 e. The van der Waals surface area contributed by atoms with Crippen LogP contribution >= 0.6 is 0 Å². The molecule has 0 aliphatic heterocycles. The van der Waals surface area contributed by atoms with Gasteiger partial charge in [-0.1, -0.05) is 229 Å². The zero-order chi connectivity index (χ0) is 47.2. The molecular formula is C59H102O6. The van der Waals surface area contributed by atoms with Crippen LogP contribution in [-0.2, 0) is 28.6 Å². The molecule has 0 amide bonds. The van der Waals surface area contributed by atoms with Crippen LogP contribution in [0.15, 0.2) is 72.9 Å². The van der Waals surface area contributed by atoms with Gasteiger partial charge < -0.3 is 14.2 Å². The smallest absolute Gasteiger partial charge is 0.306 e. The van der Waals surface area contributed by atoms with Crippen LogP contribution in [0.5, 0.6) is 0 Å². The van der Waals surface area contributed by atoms with E-state index in [1.165, 1.54) is 116 Å². The summed E-state index contributed by atoms with van der Waals surface area (Å²) in [5, 5.41) is 0. The number of esters is 3. The van der Waals surface area contributed by atoms with Crippen LogP contribution in [-0.4, -0.2) is 37.2 Å². The molecule has 0 heterocycles. The Hall–Kier alpha value is -3.15. The lowest BCUT2D eigenvalue weighted by Gasteiger charge is -2.18. The molecule has 0 aliphatic carbocycles. The second-order valence-corrected chi connectivity index (χ2v) is 18.1. The summed E-state index contributed by atoms with van der Waals surface area (Å²) >= 11 is 0. The fourth-order valence-corrected chi connectivity index (χ4v) is 7.58. The number of rotatable bonds is 49. The van der Waals surface area contributed by atoms with E-state index < -0.39 is 6.10 Å². The first-order chi connectivity index (χ1) is 32.0. The third-order valence-corrected chi connectivity index (χ3v) is 11.7. The number of hydrogen-bond acceptors (Lipinski definition) is 6. The highest BCUT2D eigenvalue weighted by Crippen LogP contribution is 2.15. The summed E-state index contributed by atoms with van der Waals surface area (Å²) in [7, 11) is 0. The molecule has 0 bridgehead atoms. The first-order valence-electron chi connectivity index (χ1n) is 27.4. The first kappa shape index (κ1) is 61.9. The lowest BCUT2D eigenvalue weighted by Crippen LogP contribution is -2.30. The van der Waals surface area contributed by atoms with Crippen LogP contribution in [0.4, 0.5) is 0 Å². The van der Waals surface area contributed by atoms with Gasteiger partial charge in [0.05, 0.1) is 0 Å². The standard InChI is InChI=1S/C59H102O6/c1-4-7-10-13-16-19-22-24-26-27-28-29-30-31-32-33-34-36-37-40-43-46-49-52-58(61)64-55-56(54-63-57(60)51-48-45-42-39-21-18-15-12-9-6-3)65-59(62)53-50-47-44-41-38-35-25-23-20-17-14-11-8-5-2/h7,10,16,19,23-26,28-29,31-32,56H,4-6,8-9,11-15,17-18,20-22,27,30,33-55H2,1-3H3/b10-7-,19-16-,25-23-,26-24-,29-28-,32-31-. The molecule has 0 aromatic rings. The fraction of sp³-hybridized carbons (Fsp3) is 0.746. The SMILES string of the molecule is CC/C=C\C/C=C\C/C=C\C/C=C\C/C=C\CCCCCCCCCC(=O)OCC(COC(=O)CCCCCCCCCCCC)OC(=O)CCCCCCC/C=C\CCCCCCC. The zero-order valence-electron chi connectivity index (χ0n) is 42.7. The van der Waals surface area contributed by atoms with Crippen LogP contribution in [0.1, 0.15) is 265 Å². The number of allylic oxidation sites excluding steroid dienone is 12. The van der Waals surface area contributed by atoms with E-state index in [2.05, 4.69) is 93.7 Å². The summed E-state index contributed by atoms with van der Waals surface area (Å²) in [6.45, 7) is 6.50. The third kappa shape index (κ3) is 51.7. The molecule has 0 aromatic heterocycles. The second kappa shape index (κ2) is 53.5. The Labute approximate surface area is 402 Å². The van der Waals surface area contributed by atoms with E-state index >= 15 is 0 Å². The maximum absolute atomic E-state index is 12.8. The minimum atomic E-state index is -0.781. The van der Waals surface area contributed by atoms with Crippen molar-refractivity contribution in [3.63, 3.8) is 0 Å². The van der Waals surface area contributed by atoms with E-state index in [0.29, 0.717) is 19.3 Å². The lowest BCUT2D eigenvalue weighted by atomic mass is 10.1. The predicted octanol–water partition coefficient (Wildman–Crippen LogP) is 18.2. The molecule has 0 rings (SSSR count). The average Bonchev–Trinajstić information content (AvgIpc) is 3.30. The van der Waals surface area contributed by atoms with Crippen molar-refractivity contribution in [2.24, 2.45) is 0 Å². The van der Waals surface area contributed by atoms with Crippen molar-refractivity contribution >= 4 is 17.9 Å².